The van der Waals surface area contributed by atoms with E-state index in [-0.39, 0.29) is 16.9 Å². The summed E-state index contributed by atoms with van der Waals surface area (Å²) in [4.78, 5) is 15.9. The third-order valence-corrected chi connectivity index (χ3v) is 7.01. The van der Waals surface area contributed by atoms with E-state index in [2.05, 4.69) is 88.6 Å². The molecule has 0 radical (unpaired) electrons. The van der Waals surface area contributed by atoms with Crippen LogP contribution in [0.1, 0.15) is 13.8 Å². The lowest BCUT2D eigenvalue weighted by atomic mass is 10.2. The Labute approximate surface area is 175 Å². The van der Waals surface area contributed by atoms with Gasteiger partial charge in [-0.2, -0.15) is 0 Å². The van der Waals surface area contributed by atoms with Crippen molar-refractivity contribution < 1.29 is 9.53 Å². The molecular formula is C22H19INO2S+. The number of benzene rings is 3. The number of halogens is 1. The van der Waals surface area contributed by atoms with Gasteiger partial charge >= 0.3 is 5.97 Å². The molecular weight excluding hydrogens is 469 g/mol. The molecule has 0 spiro atoms. The van der Waals surface area contributed by atoms with E-state index in [4.69, 9.17) is 4.74 Å². The van der Waals surface area contributed by atoms with Crippen LogP contribution in [0.25, 0.3) is 0 Å². The van der Waals surface area contributed by atoms with Gasteiger partial charge in [-0.05, 0) is 62.4 Å². The lowest BCUT2D eigenvalue weighted by Crippen LogP contribution is -2.28. The van der Waals surface area contributed by atoms with E-state index in [9.17, 15) is 4.79 Å². The molecule has 0 fully saturated rings. The van der Waals surface area contributed by atoms with Crippen molar-refractivity contribution in [2.24, 2.45) is 0 Å². The van der Waals surface area contributed by atoms with E-state index < -0.39 is 3.42 Å². The molecule has 1 N–H and O–H groups in total. The van der Waals surface area contributed by atoms with Crippen molar-refractivity contribution in [1.82, 2.24) is 0 Å². The lowest BCUT2D eigenvalue weighted by Gasteiger charge is -2.21. The maximum Gasteiger partial charge on any atom is 0.326 e. The number of ether oxygens (including phenoxy) is 1. The molecule has 5 heteroatoms. The Kier molecular flexibility index (Phi) is 4.90. The van der Waals surface area contributed by atoms with Crippen LogP contribution in [0.2, 0.25) is 0 Å². The van der Waals surface area contributed by atoms with Crippen molar-refractivity contribution in [2.75, 3.05) is 5.32 Å². The highest BCUT2D eigenvalue weighted by molar-refractivity contribution is 14.1. The van der Waals surface area contributed by atoms with Crippen LogP contribution in [0.3, 0.4) is 0 Å². The maximum atomic E-state index is 12.1. The summed E-state index contributed by atoms with van der Waals surface area (Å²) < 4.78 is 4.95. The fourth-order valence-electron chi connectivity index (χ4n) is 2.89. The zero-order valence-corrected chi connectivity index (χ0v) is 18.0. The summed E-state index contributed by atoms with van der Waals surface area (Å²) in [5, 5.41) is 3.53. The van der Waals surface area contributed by atoms with Gasteiger partial charge in [-0.1, -0.05) is 46.9 Å². The molecule has 3 nitrogen and oxygen atoms in total. The number of rotatable bonds is 3. The minimum Gasteiger partial charge on any atom is -0.426 e. The first-order valence-corrected chi connectivity index (χ1v) is 10.9. The number of hydrogen-bond donors (Lipinski definition) is 1. The van der Waals surface area contributed by atoms with Gasteiger partial charge in [0.05, 0.1) is 11.4 Å². The first-order valence-electron chi connectivity index (χ1n) is 8.64. The van der Waals surface area contributed by atoms with Crippen molar-refractivity contribution in [2.45, 2.75) is 32.0 Å². The number of alkyl halides is 1. The molecule has 27 heavy (non-hydrogen) atoms. The van der Waals surface area contributed by atoms with Crippen LogP contribution in [0, 0.1) is 0 Å². The second kappa shape index (κ2) is 7.20. The van der Waals surface area contributed by atoms with Gasteiger partial charge in [0.2, 0.25) is 0 Å². The highest BCUT2D eigenvalue weighted by Crippen LogP contribution is 2.44. The van der Waals surface area contributed by atoms with E-state index in [1.807, 2.05) is 26.0 Å². The van der Waals surface area contributed by atoms with Crippen molar-refractivity contribution in [3.05, 3.63) is 72.8 Å². The molecule has 1 aliphatic heterocycles. The second-order valence-corrected chi connectivity index (χ2v) is 11.4. The van der Waals surface area contributed by atoms with Crippen molar-refractivity contribution in [1.29, 1.82) is 0 Å². The number of hydrogen-bond acceptors (Lipinski definition) is 3. The van der Waals surface area contributed by atoms with Gasteiger partial charge in [0, 0.05) is 0 Å². The molecule has 0 bridgehead atoms. The zero-order valence-electron chi connectivity index (χ0n) is 15.0. The number of anilines is 2. The first-order chi connectivity index (χ1) is 12.9. The van der Waals surface area contributed by atoms with E-state index in [0.717, 1.165) is 11.4 Å². The summed E-state index contributed by atoms with van der Waals surface area (Å²) in [6.07, 6.45) is 0. The van der Waals surface area contributed by atoms with Crippen LogP contribution < -0.4 is 10.1 Å². The van der Waals surface area contributed by atoms with Crippen LogP contribution in [0.15, 0.2) is 87.5 Å². The van der Waals surface area contributed by atoms with Crippen LogP contribution >= 0.6 is 22.6 Å². The molecule has 0 amide bonds. The van der Waals surface area contributed by atoms with Crippen LogP contribution in [0.4, 0.5) is 11.4 Å². The zero-order chi connectivity index (χ0) is 19.0. The fourth-order valence-corrected chi connectivity index (χ4v) is 5.26. The van der Waals surface area contributed by atoms with Crippen LogP contribution in [0.5, 0.6) is 5.75 Å². The minimum absolute atomic E-state index is 0.200. The van der Waals surface area contributed by atoms with Crippen LogP contribution in [-0.4, -0.2) is 9.39 Å². The molecule has 0 saturated carbocycles. The standard InChI is InChI=1S/C22H19INO2S/c1-22(2,23)21(25)26-15-11-13-16(14-12-15)27-19-9-5-3-7-17(19)24-18-8-4-6-10-20(18)27/h3-14,24H,1-2H3/q+1. The summed E-state index contributed by atoms with van der Waals surface area (Å²) in [7, 11) is -0.200. The molecule has 4 rings (SSSR count). The first kappa shape index (κ1) is 18.4. The van der Waals surface area contributed by atoms with Gasteiger partial charge in [0.1, 0.15) is 20.1 Å². The fraction of sp³-hybridized carbons (Fsp3) is 0.136. The molecule has 1 heterocycles. The van der Waals surface area contributed by atoms with E-state index >= 15 is 0 Å². The normalized spacial score (nSPS) is 13.3. The molecule has 0 aromatic heterocycles. The highest BCUT2D eigenvalue weighted by Gasteiger charge is 2.37. The van der Waals surface area contributed by atoms with E-state index in [1.165, 1.54) is 14.7 Å². The van der Waals surface area contributed by atoms with Crippen molar-refractivity contribution >= 4 is 50.8 Å². The van der Waals surface area contributed by atoms with Crippen molar-refractivity contribution in [3.63, 3.8) is 0 Å². The van der Waals surface area contributed by atoms with Gasteiger partial charge in [0.15, 0.2) is 14.7 Å². The molecule has 0 unspecified atom stereocenters. The largest absolute Gasteiger partial charge is 0.426 e. The number of nitrogens with one attached hydrogen (secondary N) is 1. The molecule has 3 aromatic rings. The monoisotopic (exact) mass is 488 g/mol. The third-order valence-electron chi connectivity index (χ3n) is 4.24. The number of carbonyl (C=O) groups is 1. The number of esters is 1. The predicted octanol–water partition coefficient (Wildman–Crippen LogP) is 5.96. The Morgan fingerprint density at radius 2 is 1.41 bits per heavy atom. The molecule has 0 aliphatic carbocycles. The Morgan fingerprint density at radius 1 is 0.889 bits per heavy atom. The Hall–Kier alpha value is -1.99. The molecule has 136 valence electrons. The highest BCUT2D eigenvalue weighted by atomic mass is 127. The third kappa shape index (κ3) is 3.71. The predicted molar refractivity (Wildman–Crippen MR) is 119 cm³/mol. The Balaban J connectivity index is 1.71. The molecule has 0 atom stereocenters. The van der Waals surface area contributed by atoms with E-state index in [1.54, 1.807) is 0 Å². The van der Waals surface area contributed by atoms with Crippen LogP contribution in [-0.2, 0) is 15.7 Å². The molecule has 1 aliphatic rings. The van der Waals surface area contributed by atoms with Gasteiger partial charge in [-0.3, -0.25) is 4.79 Å². The topological polar surface area (TPSA) is 38.3 Å². The summed E-state index contributed by atoms with van der Waals surface area (Å²) in [5.74, 6) is 0.338. The minimum atomic E-state index is -0.550. The van der Waals surface area contributed by atoms with E-state index in [0.29, 0.717) is 5.75 Å². The van der Waals surface area contributed by atoms with Gasteiger partial charge in [-0.25, -0.2) is 0 Å². The summed E-state index contributed by atoms with van der Waals surface area (Å²) >= 11 is 2.09. The average Bonchev–Trinajstić information content (AvgIpc) is 2.66. The smallest absolute Gasteiger partial charge is 0.326 e. The van der Waals surface area contributed by atoms with Gasteiger partial charge < -0.3 is 10.1 Å². The average molecular weight is 488 g/mol. The summed E-state index contributed by atoms with van der Waals surface area (Å²) in [6, 6.07) is 24.7. The van der Waals surface area contributed by atoms with Crippen molar-refractivity contribution in [3.8, 4) is 5.75 Å². The lowest BCUT2D eigenvalue weighted by molar-refractivity contribution is -0.135. The van der Waals surface area contributed by atoms with Gasteiger partial charge in [-0.15, -0.1) is 0 Å². The second-order valence-electron chi connectivity index (χ2n) is 6.76. The quantitative estimate of drug-likeness (QED) is 0.127. The van der Waals surface area contributed by atoms with Gasteiger partial charge in [0.25, 0.3) is 0 Å². The Bertz CT molecular complexity index is 950. The Morgan fingerprint density at radius 3 is 1.93 bits per heavy atom. The number of carbonyl (C=O) groups excluding carboxylic acids is 1. The number of para-hydroxylation sites is 2. The maximum absolute atomic E-state index is 12.1. The summed E-state index contributed by atoms with van der Waals surface area (Å²) in [5.41, 5.74) is 2.28. The number of fused-ring (bicyclic) bond motifs is 2. The summed E-state index contributed by atoms with van der Waals surface area (Å²) in [6.45, 7) is 3.68. The SMILES string of the molecule is CC(C)(I)C(=O)Oc1ccc([S+]2c3ccccc3Nc3ccccc32)cc1. The molecule has 3 aromatic carbocycles. The molecule has 0 saturated heterocycles.